The zero-order valence-corrected chi connectivity index (χ0v) is 9.94. The topological polar surface area (TPSA) is 26.5 Å². The molecular weight excluding hydrogens is 208 g/mol. The third kappa shape index (κ3) is 1.72. The standard InChI is InChI=1S/C15H13N2/c1-10-6-8-12(9-7-10)15-16-13-5-3-4-11(2)14(13)17-15/h3-9H,1-2H3. The molecule has 0 N–H and O–H groups in total. The van der Waals surface area contributed by atoms with Crippen LogP contribution >= 0.6 is 0 Å². The van der Waals surface area contributed by atoms with Gasteiger partial charge < -0.3 is 0 Å². The monoisotopic (exact) mass is 221 g/mol. The lowest BCUT2D eigenvalue weighted by atomic mass is 10.1. The fraction of sp³-hybridized carbons (Fsp3) is 0.133. The first-order chi connectivity index (χ1) is 8.24. The highest BCUT2D eigenvalue weighted by Gasteiger charge is 2.18. The number of aryl methyl sites for hydroxylation is 2. The van der Waals surface area contributed by atoms with Crippen molar-refractivity contribution in [3.05, 3.63) is 59.2 Å². The molecule has 17 heavy (non-hydrogen) atoms. The number of para-hydroxylation sites is 1. The van der Waals surface area contributed by atoms with Crippen LogP contribution in [0.3, 0.4) is 0 Å². The molecule has 0 amide bonds. The number of amidine groups is 1. The van der Waals surface area contributed by atoms with Crippen LogP contribution in [0.2, 0.25) is 0 Å². The van der Waals surface area contributed by atoms with Crippen LogP contribution in [0.5, 0.6) is 0 Å². The molecule has 0 unspecified atom stereocenters. The van der Waals surface area contributed by atoms with E-state index in [1.165, 1.54) is 11.1 Å². The van der Waals surface area contributed by atoms with Gasteiger partial charge in [-0.15, -0.1) is 0 Å². The Labute approximate surface area is 101 Å². The van der Waals surface area contributed by atoms with Crippen LogP contribution in [0, 0.1) is 13.8 Å². The molecule has 0 fully saturated rings. The van der Waals surface area contributed by atoms with Crippen molar-refractivity contribution >= 4 is 17.2 Å². The van der Waals surface area contributed by atoms with Gasteiger partial charge in [-0.05, 0) is 25.5 Å². The Balaban J connectivity index is 2.02. The highest BCUT2D eigenvalue weighted by Crippen LogP contribution is 2.34. The number of benzene rings is 2. The molecule has 1 radical (unpaired) electrons. The molecule has 2 heteroatoms. The Kier molecular flexibility index (Phi) is 2.22. The van der Waals surface area contributed by atoms with Crippen molar-refractivity contribution in [1.82, 2.24) is 5.32 Å². The molecule has 0 bridgehead atoms. The molecule has 0 saturated heterocycles. The van der Waals surface area contributed by atoms with Crippen LogP contribution in [0.1, 0.15) is 16.7 Å². The summed E-state index contributed by atoms with van der Waals surface area (Å²) in [5.41, 5.74) is 5.48. The van der Waals surface area contributed by atoms with Crippen LogP contribution in [-0.4, -0.2) is 5.84 Å². The van der Waals surface area contributed by atoms with Crippen LogP contribution in [0.4, 0.5) is 11.4 Å². The molecule has 0 aromatic heterocycles. The first-order valence-electron chi connectivity index (χ1n) is 5.71. The van der Waals surface area contributed by atoms with Gasteiger partial charge in [0.2, 0.25) is 0 Å². The lowest BCUT2D eigenvalue weighted by Crippen LogP contribution is -2.07. The smallest absolute Gasteiger partial charge is 0.160 e. The third-order valence-corrected chi connectivity index (χ3v) is 2.97. The van der Waals surface area contributed by atoms with Gasteiger partial charge in [-0.3, -0.25) is 0 Å². The van der Waals surface area contributed by atoms with E-state index in [9.17, 15) is 0 Å². The van der Waals surface area contributed by atoms with Crippen molar-refractivity contribution in [2.24, 2.45) is 4.99 Å². The number of rotatable bonds is 1. The number of fused-ring (bicyclic) bond motifs is 1. The first kappa shape index (κ1) is 10.1. The molecule has 2 aromatic carbocycles. The summed E-state index contributed by atoms with van der Waals surface area (Å²) in [4.78, 5) is 4.60. The van der Waals surface area contributed by atoms with Gasteiger partial charge in [-0.2, -0.15) is 0 Å². The minimum absolute atomic E-state index is 0.814. The Morgan fingerprint density at radius 3 is 2.35 bits per heavy atom. The third-order valence-electron chi connectivity index (χ3n) is 2.97. The molecular formula is C15H13N2. The fourth-order valence-corrected chi connectivity index (χ4v) is 1.96. The maximum Gasteiger partial charge on any atom is 0.160 e. The number of aliphatic imine (C=N–C) groups is 1. The molecule has 0 aliphatic carbocycles. The predicted molar refractivity (Wildman–Crippen MR) is 70.3 cm³/mol. The van der Waals surface area contributed by atoms with E-state index in [1.54, 1.807) is 0 Å². The summed E-state index contributed by atoms with van der Waals surface area (Å²) in [6.45, 7) is 4.15. The van der Waals surface area contributed by atoms with Crippen molar-refractivity contribution in [1.29, 1.82) is 0 Å². The normalized spacial score (nSPS) is 12.9. The Morgan fingerprint density at radius 2 is 1.65 bits per heavy atom. The summed E-state index contributed by atoms with van der Waals surface area (Å²) in [5, 5.41) is 4.56. The molecule has 0 spiro atoms. The average molecular weight is 221 g/mol. The minimum atomic E-state index is 0.814. The second kappa shape index (κ2) is 3.74. The highest BCUT2D eigenvalue weighted by molar-refractivity contribution is 6.07. The second-order valence-electron chi connectivity index (χ2n) is 4.36. The summed E-state index contributed by atoms with van der Waals surface area (Å²) in [5.74, 6) is 0.814. The zero-order valence-electron chi connectivity index (χ0n) is 9.94. The van der Waals surface area contributed by atoms with E-state index in [0.29, 0.717) is 0 Å². The predicted octanol–water partition coefficient (Wildman–Crippen LogP) is 3.63. The second-order valence-corrected chi connectivity index (χ2v) is 4.36. The summed E-state index contributed by atoms with van der Waals surface area (Å²) < 4.78 is 0. The molecule has 0 saturated carbocycles. The molecule has 1 aliphatic rings. The summed E-state index contributed by atoms with van der Waals surface area (Å²) in [6.07, 6.45) is 0. The van der Waals surface area contributed by atoms with Crippen LogP contribution in [0.15, 0.2) is 47.5 Å². The van der Waals surface area contributed by atoms with Crippen LogP contribution < -0.4 is 5.32 Å². The quantitative estimate of drug-likeness (QED) is 0.703. The van der Waals surface area contributed by atoms with Crippen molar-refractivity contribution < 1.29 is 0 Å². The van der Waals surface area contributed by atoms with Gasteiger partial charge in [0.1, 0.15) is 0 Å². The number of nitrogens with zero attached hydrogens (tertiary/aromatic N) is 2. The Morgan fingerprint density at radius 1 is 0.882 bits per heavy atom. The van der Waals surface area contributed by atoms with Gasteiger partial charge in [0.05, 0.1) is 11.4 Å². The number of hydrogen-bond donors (Lipinski definition) is 0. The maximum atomic E-state index is 4.60. The zero-order chi connectivity index (χ0) is 11.8. The largest absolute Gasteiger partial charge is 0.226 e. The average Bonchev–Trinajstić information content (AvgIpc) is 2.75. The Bertz CT molecular complexity index is 595. The van der Waals surface area contributed by atoms with E-state index in [0.717, 1.165) is 22.8 Å². The van der Waals surface area contributed by atoms with Gasteiger partial charge in [0.25, 0.3) is 0 Å². The van der Waals surface area contributed by atoms with Gasteiger partial charge in [0.15, 0.2) is 5.84 Å². The van der Waals surface area contributed by atoms with Crippen LogP contribution in [-0.2, 0) is 0 Å². The van der Waals surface area contributed by atoms with Gasteiger partial charge in [0, 0.05) is 5.56 Å². The fourth-order valence-electron chi connectivity index (χ4n) is 1.96. The van der Waals surface area contributed by atoms with Gasteiger partial charge in [-0.25, -0.2) is 10.3 Å². The number of hydrogen-bond acceptors (Lipinski definition) is 1. The molecule has 2 aromatic rings. The molecule has 3 rings (SSSR count). The Hall–Kier alpha value is -2.09. The summed E-state index contributed by atoms with van der Waals surface area (Å²) >= 11 is 0. The first-order valence-corrected chi connectivity index (χ1v) is 5.71. The molecule has 1 aliphatic heterocycles. The van der Waals surface area contributed by atoms with Crippen molar-refractivity contribution in [2.45, 2.75) is 13.8 Å². The molecule has 2 nitrogen and oxygen atoms in total. The van der Waals surface area contributed by atoms with E-state index >= 15 is 0 Å². The van der Waals surface area contributed by atoms with Crippen molar-refractivity contribution in [3.8, 4) is 0 Å². The van der Waals surface area contributed by atoms with E-state index in [2.05, 4.69) is 54.5 Å². The van der Waals surface area contributed by atoms with Crippen molar-refractivity contribution in [3.63, 3.8) is 0 Å². The lowest BCUT2D eigenvalue weighted by Gasteiger charge is -2.00. The summed E-state index contributed by atoms with van der Waals surface area (Å²) in [6, 6.07) is 14.4. The van der Waals surface area contributed by atoms with E-state index < -0.39 is 0 Å². The van der Waals surface area contributed by atoms with E-state index in [-0.39, 0.29) is 0 Å². The molecule has 83 valence electrons. The van der Waals surface area contributed by atoms with E-state index in [1.807, 2.05) is 12.1 Å². The maximum absolute atomic E-state index is 4.60. The molecule has 1 heterocycles. The molecule has 0 atom stereocenters. The SMILES string of the molecule is Cc1ccc(C2=Nc3c(C)cccc3[N]2)cc1. The van der Waals surface area contributed by atoms with Crippen molar-refractivity contribution in [2.75, 3.05) is 0 Å². The van der Waals surface area contributed by atoms with Gasteiger partial charge in [-0.1, -0.05) is 42.0 Å². The minimum Gasteiger partial charge on any atom is -0.226 e. The lowest BCUT2D eigenvalue weighted by molar-refractivity contribution is 1.29. The summed E-state index contributed by atoms with van der Waals surface area (Å²) in [7, 11) is 0. The highest BCUT2D eigenvalue weighted by atomic mass is 15.1. The van der Waals surface area contributed by atoms with Gasteiger partial charge >= 0.3 is 0 Å². The van der Waals surface area contributed by atoms with E-state index in [4.69, 9.17) is 0 Å². The van der Waals surface area contributed by atoms with Crippen LogP contribution in [0.25, 0.3) is 0 Å².